The van der Waals surface area contributed by atoms with Gasteiger partial charge in [-0.15, -0.1) is 11.3 Å². The maximum absolute atomic E-state index is 12.7. The van der Waals surface area contributed by atoms with E-state index in [1.54, 1.807) is 0 Å². The van der Waals surface area contributed by atoms with E-state index in [-0.39, 0.29) is 11.9 Å². The molecule has 2 unspecified atom stereocenters. The monoisotopic (exact) mass is 370 g/mol. The van der Waals surface area contributed by atoms with Crippen molar-refractivity contribution >= 4 is 28.6 Å². The number of anilines is 2. The Morgan fingerprint density at radius 3 is 3.08 bits per heavy atom. The van der Waals surface area contributed by atoms with Gasteiger partial charge in [0.2, 0.25) is 5.91 Å². The van der Waals surface area contributed by atoms with E-state index in [2.05, 4.69) is 45.5 Å². The molecule has 1 fully saturated rings. The van der Waals surface area contributed by atoms with Crippen molar-refractivity contribution in [2.45, 2.75) is 51.2 Å². The third-order valence-corrected chi connectivity index (χ3v) is 6.27. The van der Waals surface area contributed by atoms with Crippen molar-refractivity contribution < 1.29 is 4.79 Å². The molecule has 5 nitrogen and oxygen atoms in total. The molecule has 1 aromatic heterocycles. The molecule has 4 rings (SSSR count). The zero-order valence-electron chi connectivity index (χ0n) is 15.1. The molecule has 0 bridgehead atoms. The molecular formula is C20H26N4OS. The smallest absolute Gasteiger partial charge is 0.242 e. The van der Waals surface area contributed by atoms with Crippen molar-refractivity contribution in [3.05, 3.63) is 46.2 Å². The van der Waals surface area contributed by atoms with E-state index in [1.807, 2.05) is 29.5 Å². The first-order chi connectivity index (χ1) is 12.7. The molecule has 2 aliphatic rings. The molecular weight excluding hydrogens is 344 g/mol. The fourth-order valence-corrected chi connectivity index (χ4v) is 4.75. The van der Waals surface area contributed by atoms with Crippen LogP contribution in [0.15, 0.2) is 35.7 Å². The Bertz CT molecular complexity index is 775. The van der Waals surface area contributed by atoms with E-state index in [0.29, 0.717) is 6.04 Å². The first kappa shape index (κ1) is 17.5. The molecule has 0 radical (unpaired) electrons. The summed E-state index contributed by atoms with van der Waals surface area (Å²) in [5.74, 6) is 0.0387. The van der Waals surface area contributed by atoms with Gasteiger partial charge in [-0.2, -0.15) is 0 Å². The van der Waals surface area contributed by atoms with Gasteiger partial charge in [0.15, 0.2) is 0 Å². The molecule has 1 saturated heterocycles. The topological polar surface area (TPSA) is 56.4 Å². The molecule has 138 valence electrons. The van der Waals surface area contributed by atoms with Crippen molar-refractivity contribution in [2.24, 2.45) is 0 Å². The highest BCUT2D eigenvalue weighted by atomic mass is 32.1. The van der Waals surface area contributed by atoms with Crippen LogP contribution >= 0.6 is 11.3 Å². The van der Waals surface area contributed by atoms with Gasteiger partial charge in [0.1, 0.15) is 6.04 Å². The average Bonchev–Trinajstić information content (AvgIpc) is 3.31. The first-order valence-corrected chi connectivity index (χ1v) is 10.3. The Morgan fingerprint density at radius 1 is 1.31 bits per heavy atom. The molecule has 1 aromatic carbocycles. The summed E-state index contributed by atoms with van der Waals surface area (Å²) in [7, 11) is 0. The maximum atomic E-state index is 12.7. The number of fused-ring (bicyclic) bond motifs is 1. The van der Waals surface area contributed by atoms with Crippen molar-refractivity contribution in [3.8, 4) is 0 Å². The lowest BCUT2D eigenvalue weighted by atomic mass is 10.1. The number of hydrazine groups is 1. The van der Waals surface area contributed by atoms with E-state index in [9.17, 15) is 4.79 Å². The maximum Gasteiger partial charge on any atom is 0.242 e. The number of carbonyl (C=O) groups excluding carboxylic acids is 1. The van der Waals surface area contributed by atoms with E-state index in [4.69, 9.17) is 0 Å². The standard InChI is InChI=1S/C20H26N4OS/c1-2-5-15-12-17(23-22-15)20(25)21-16-6-3-4-7-18(16)24-10-8-19-14(13-24)9-11-26-19/h3-4,6-7,9,11,15,17,22-23H,2,5,8,10,12-13H2,1H3,(H,21,25). The van der Waals surface area contributed by atoms with Crippen LogP contribution < -0.4 is 21.1 Å². The van der Waals surface area contributed by atoms with Gasteiger partial charge in [-0.05, 0) is 48.4 Å². The van der Waals surface area contributed by atoms with Gasteiger partial charge in [-0.3, -0.25) is 10.2 Å². The zero-order chi connectivity index (χ0) is 17.9. The molecule has 3 N–H and O–H groups in total. The number of para-hydroxylation sites is 2. The van der Waals surface area contributed by atoms with Crippen LogP contribution in [-0.2, 0) is 17.8 Å². The van der Waals surface area contributed by atoms with Gasteiger partial charge in [0, 0.05) is 24.0 Å². The zero-order valence-corrected chi connectivity index (χ0v) is 15.9. The summed E-state index contributed by atoms with van der Waals surface area (Å²) in [4.78, 5) is 16.6. The Kier molecular flexibility index (Phi) is 5.24. The van der Waals surface area contributed by atoms with Crippen LogP contribution in [0.5, 0.6) is 0 Å². The molecule has 0 spiro atoms. The number of amides is 1. The lowest BCUT2D eigenvalue weighted by Crippen LogP contribution is -2.40. The molecule has 1 amide bonds. The number of rotatable bonds is 5. The lowest BCUT2D eigenvalue weighted by Gasteiger charge is -2.31. The summed E-state index contributed by atoms with van der Waals surface area (Å²) >= 11 is 1.85. The van der Waals surface area contributed by atoms with Gasteiger partial charge >= 0.3 is 0 Å². The molecule has 2 atom stereocenters. The summed E-state index contributed by atoms with van der Waals surface area (Å²) in [6.07, 6.45) is 4.12. The van der Waals surface area contributed by atoms with Crippen molar-refractivity contribution in [3.63, 3.8) is 0 Å². The van der Waals surface area contributed by atoms with Crippen LogP contribution in [0.1, 0.15) is 36.6 Å². The first-order valence-electron chi connectivity index (χ1n) is 9.45. The average molecular weight is 371 g/mol. The molecule has 0 aliphatic carbocycles. The minimum Gasteiger partial charge on any atom is -0.365 e. The van der Waals surface area contributed by atoms with Crippen LogP contribution in [0.4, 0.5) is 11.4 Å². The quantitative estimate of drug-likeness (QED) is 0.756. The molecule has 6 heteroatoms. The minimum absolute atomic E-state index is 0.0387. The highest BCUT2D eigenvalue weighted by molar-refractivity contribution is 7.10. The summed E-state index contributed by atoms with van der Waals surface area (Å²) in [5, 5.41) is 5.32. The summed E-state index contributed by atoms with van der Waals surface area (Å²) < 4.78 is 0. The van der Waals surface area contributed by atoms with Gasteiger partial charge in [0.25, 0.3) is 0 Å². The van der Waals surface area contributed by atoms with Crippen molar-refractivity contribution in [1.82, 2.24) is 10.9 Å². The van der Waals surface area contributed by atoms with Crippen LogP contribution in [0, 0.1) is 0 Å². The fourth-order valence-electron chi connectivity index (χ4n) is 3.86. The fraction of sp³-hybridized carbons (Fsp3) is 0.450. The van der Waals surface area contributed by atoms with Crippen molar-refractivity contribution in [1.29, 1.82) is 0 Å². The van der Waals surface area contributed by atoms with E-state index in [0.717, 1.165) is 50.1 Å². The minimum atomic E-state index is -0.176. The predicted octanol–water partition coefficient (Wildman–Crippen LogP) is 3.28. The molecule has 0 saturated carbocycles. The number of carbonyl (C=O) groups is 1. The Labute approximate surface area is 158 Å². The van der Waals surface area contributed by atoms with E-state index < -0.39 is 0 Å². The van der Waals surface area contributed by atoms with Crippen LogP contribution in [0.3, 0.4) is 0 Å². The molecule has 2 aliphatic heterocycles. The Hall–Kier alpha value is -1.89. The summed E-state index contributed by atoms with van der Waals surface area (Å²) in [5.41, 5.74) is 9.80. The largest absolute Gasteiger partial charge is 0.365 e. The van der Waals surface area contributed by atoms with Crippen LogP contribution in [0.25, 0.3) is 0 Å². The highest BCUT2D eigenvalue weighted by Crippen LogP contribution is 2.32. The summed E-state index contributed by atoms with van der Waals surface area (Å²) in [6.45, 7) is 4.07. The molecule has 26 heavy (non-hydrogen) atoms. The lowest BCUT2D eigenvalue weighted by molar-refractivity contribution is -0.117. The molecule has 3 heterocycles. The second-order valence-corrected chi connectivity index (χ2v) is 8.11. The Morgan fingerprint density at radius 2 is 2.19 bits per heavy atom. The predicted molar refractivity (Wildman–Crippen MR) is 108 cm³/mol. The second kappa shape index (κ2) is 7.78. The normalized spacial score (nSPS) is 22.3. The number of nitrogens with zero attached hydrogens (tertiary/aromatic N) is 1. The number of thiophene rings is 1. The van der Waals surface area contributed by atoms with Crippen molar-refractivity contribution in [2.75, 3.05) is 16.8 Å². The van der Waals surface area contributed by atoms with Gasteiger partial charge in [0.05, 0.1) is 11.4 Å². The number of nitrogens with one attached hydrogen (secondary N) is 3. The number of benzene rings is 1. The van der Waals surface area contributed by atoms with Gasteiger partial charge in [-0.1, -0.05) is 25.5 Å². The Balaban J connectivity index is 1.46. The van der Waals surface area contributed by atoms with Crippen LogP contribution in [0.2, 0.25) is 0 Å². The molecule has 2 aromatic rings. The highest BCUT2D eigenvalue weighted by Gasteiger charge is 2.29. The van der Waals surface area contributed by atoms with E-state index >= 15 is 0 Å². The van der Waals surface area contributed by atoms with Gasteiger partial charge < -0.3 is 10.2 Å². The van der Waals surface area contributed by atoms with Gasteiger partial charge in [-0.25, -0.2) is 5.43 Å². The number of hydrogen-bond acceptors (Lipinski definition) is 5. The third kappa shape index (κ3) is 3.63. The second-order valence-electron chi connectivity index (χ2n) is 7.11. The third-order valence-electron chi connectivity index (χ3n) is 5.25. The van der Waals surface area contributed by atoms with E-state index in [1.165, 1.54) is 10.4 Å². The summed E-state index contributed by atoms with van der Waals surface area (Å²) in [6, 6.07) is 10.6. The number of hydrogen-bond donors (Lipinski definition) is 3. The van der Waals surface area contributed by atoms with Crippen LogP contribution in [-0.4, -0.2) is 24.5 Å². The SMILES string of the molecule is CCCC1CC(C(=O)Nc2ccccc2N2CCc3sccc3C2)NN1.